The van der Waals surface area contributed by atoms with Gasteiger partial charge in [-0.3, -0.25) is 4.79 Å². The molecule has 2 aromatic rings. The van der Waals surface area contributed by atoms with Crippen molar-refractivity contribution in [3.8, 4) is 5.75 Å². The molecule has 8 heteroatoms. The lowest BCUT2D eigenvalue weighted by Gasteiger charge is -2.31. The van der Waals surface area contributed by atoms with Crippen molar-refractivity contribution in [3.05, 3.63) is 59.4 Å². The predicted molar refractivity (Wildman–Crippen MR) is 110 cm³/mol. The van der Waals surface area contributed by atoms with E-state index in [1.165, 1.54) is 31.4 Å². The molecule has 6 nitrogen and oxygen atoms in total. The molecule has 0 heterocycles. The average molecular weight is 433 g/mol. The van der Waals surface area contributed by atoms with Crippen molar-refractivity contribution in [2.75, 3.05) is 7.11 Å². The molecular formula is C22H25FN2O4S. The predicted octanol–water partition coefficient (Wildman–Crippen LogP) is 3.47. The van der Waals surface area contributed by atoms with Crippen molar-refractivity contribution in [2.24, 2.45) is 0 Å². The summed E-state index contributed by atoms with van der Waals surface area (Å²) >= 11 is 0. The van der Waals surface area contributed by atoms with Crippen LogP contribution in [0.3, 0.4) is 0 Å². The van der Waals surface area contributed by atoms with Gasteiger partial charge in [0, 0.05) is 11.6 Å². The fraction of sp³-hybridized carbons (Fsp3) is 0.409. The molecule has 4 rings (SSSR count). The quantitative estimate of drug-likeness (QED) is 0.702. The molecule has 0 atom stereocenters. The highest BCUT2D eigenvalue weighted by molar-refractivity contribution is 7.89. The van der Waals surface area contributed by atoms with Crippen molar-refractivity contribution in [1.29, 1.82) is 0 Å². The standard InChI is InChI=1S/C22H25FN2O4S/c1-29-19-11-4-15(14-20(19)30(27,28)25-18-9-10-18)21(26)24-22(12-2-3-13-22)16-5-7-17(23)8-6-16/h4-8,11,14,18,25H,2-3,9-10,12-13H2,1H3,(H,24,26). The number of halogens is 1. The fourth-order valence-electron chi connectivity index (χ4n) is 4.03. The molecule has 2 saturated carbocycles. The topological polar surface area (TPSA) is 84.5 Å². The van der Waals surface area contributed by atoms with Crippen LogP contribution in [-0.2, 0) is 15.6 Å². The Bertz CT molecular complexity index is 1040. The summed E-state index contributed by atoms with van der Waals surface area (Å²) in [5.74, 6) is -0.507. The lowest BCUT2D eigenvalue weighted by atomic mass is 9.87. The van der Waals surface area contributed by atoms with E-state index in [1.807, 2.05) is 0 Å². The summed E-state index contributed by atoms with van der Waals surface area (Å²) in [7, 11) is -2.40. The third-order valence-electron chi connectivity index (χ3n) is 5.82. The van der Waals surface area contributed by atoms with Gasteiger partial charge < -0.3 is 10.1 Å². The van der Waals surface area contributed by atoms with Crippen LogP contribution < -0.4 is 14.8 Å². The number of benzene rings is 2. The number of hydrogen-bond acceptors (Lipinski definition) is 4. The van der Waals surface area contributed by atoms with Crippen molar-refractivity contribution in [2.45, 2.75) is 55.0 Å². The molecule has 2 fully saturated rings. The molecular weight excluding hydrogens is 407 g/mol. The van der Waals surface area contributed by atoms with E-state index in [9.17, 15) is 17.6 Å². The molecule has 0 aromatic heterocycles. The van der Waals surface area contributed by atoms with Crippen LogP contribution >= 0.6 is 0 Å². The average Bonchev–Trinajstić information content (AvgIpc) is 3.41. The van der Waals surface area contributed by atoms with Gasteiger partial charge in [0.2, 0.25) is 10.0 Å². The smallest absolute Gasteiger partial charge is 0.252 e. The number of rotatable bonds is 7. The molecule has 30 heavy (non-hydrogen) atoms. The maximum Gasteiger partial charge on any atom is 0.252 e. The largest absolute Gasteiger partial charge is 0.495 e. The second kappa shape index (κ2) is 8.00. The molecule has 0 unspecified atom stereocenters. The van der Waals surface area contributed by atoms with Crippen LogP contribution in [0.15, 0.2) is 47.4 Å². The Morgan fingerprint density at radius 3 is 2.37 bits per heavy atom. The van der Waals surface area contributed by atoms with Crippen LogP contribution in [0.5, 0.6) is 5.75 Å². The van der Waals surface area contributed by atoms with Gasteiger partial charge >= 0.3 is 0 Å². The van der Waals surface area contributed by atoms with Crippen LogP contribution in [0.25, 0.3) is 0 Å². The summed E-state index contributed by atoms with van der Waals surface area (Å²) in [5.41, 5.74) is 0.502. The minimum atomic E-state index is -3.79. The third kappa shape index (κ3) is 4.20. The Morgan fingerprint density at radius 1 is 1.10 bits per heavy atom. The lowest BCUT2D eigenvalue weighted by Crippen LogP contribution is -2.43. The maximum atomic E-state index is 13.4. The van der Waals surface area contributed by atoms with Crippen LogP contribution in [0, 0.1) is 5.82 Å². The Balaban J connectivity index is 1.64. The third-order valence-corrected chi connectivity index (χ3v) is 7.36. The van der Waals surface area contributed by atoms with E-state index in [-0.39, 0.29) is 34.0 Å². The SMILES string of the molecule is COc1ccc(C(=O)NC2(c3ccc(F)cc3)CCCC2)cc1S(=O)(=O)NC1CC1. The summed E-state index contributed by atoms with van der Waals surface area (Å²) in [6.07, 6.45) is 5.00. The van der Waals surface area contributed by atoms with Crippen LogP contribution in [0.1, 0.15) is 54.4 Å². The van der Waals surface area contributed by atoms with Gasteiger partial charge in [-0.1, -0.05) is 25.0 Å². The molecule has 0 aliphatic heterocycles. The zero-order valence-corrected chi connectivity index (χ0v) is 17.6. The van der Waals surface area contributed by atoms with Crippen LogP contribution in [-0.4, -0.2) is 27.5 Å². The number of carbonyl (C=O) groups excluding carboxylic acids is 1. The number of methoxy groups -OCH3 is 1. The van der Waals surface area contributed by atoms with Crippen molar-refractivity contribution in [3.63, 3.8) is 0 Å². The zero-order valence-electron chi connectivity index (χ0n) is 16.8. The monoisotopic (exact) mass is 432 g/mol. The van der Waals surface area contributed by atoms with Crippen molar-refractivity contribution >= 4 is 15.9 Å². The molecule has 2 aliphatic rings. The van der Waals surface area contributed by atoms with E-state index in [1.54, 1.807) is 18.2 Å². The Morgan fingerprint density at radius 2 is 1.77 bits per heavy atom. The highest BCUT2D eigenvalue weighted by atomic mass is 32.2. The molecule has 0 bridgehead atoms. The fourth-order valence-corrected chi connectivity index (χ4v) is 5.53. The molecule has 1 amide bonds. The van der Waals surface area contributed by atoms with Crippen molar-refractivity contribution < 1.29 is 22.3 Å². The van der Waals surface area contributed by atoms with Gasteiger partial charge in [0.15, 0.2) is 0 Å². The Kier molecular flexibility index (Phi) is 5.55. The maximum absolute atomic E-state index is 13.4. The highest BCUT2D eigenvalue weighted by Crippen LogP contribution is 2.39. The summed E-state index contributed by atoms with van der Waals surface area (Å²) in [6.45, 7) is 0. The van der Waals surface area contributed by atoms with E-state index < -0.39 is 15.6 Å². The number of amides is 1. The Labute approximate surface area is 175 Å². The van der Waals surface area contributed by atoms with E-state index in [2.05, 4.69) is 10.0 Å². The first kappa shape index (κ1) is 20.8. The first-order valence-electron chi connectivity index (χ1n) is 10.1. The molecule has 2 aliphatic carbocycles. The number of carbonyl (C=O) groups is 1. The number of hydrogen-bond donors (Lipinski definition) is 2. The number of ether oxygens (including phenoxy) is 1. The van der Waals surface area contributed by atoms with Gasteiger partial charge in [-0.2, -0.15) is 0 Å². The number of nitrogens with one attached hydrogen (secondary N) is 2. The van der Waals surface area contributed by atoms with E-state index >= 15 is 0 Å². The van der Waals surface area contributed by atoms with Gasteiger partial charge in [0.05, 0.1) is 12.6 Å². The second-order valence-electron chi connectivity index (χ2n) is 8.01. The Hall–Kier alpha value is -2.45. The molecule has 0 saturated heterocycles. The molecule has 160 valence electrons. The van der Waals surface area contributed by atoms with Gasteiger partial charge in [-0.25, -0.2) is 17.5 Å². The minimum Gasteiger partial charge on any atom is -0.495 e. The summed E-state index contributed by atoms with van der Waals surface area (Å²) in [5, 5.41) is 3.10. The van der Waals surface area contributed by atoms with E-state index in [0.717, 1.165) is 44.1 Å². The van der Waals surface area contributed by atoms with Gasteiger partial charge in [-0.15, -0.1) is 0 Å². The van der Waals surface area contributed by atoms with Gasteiger partial charge in [-0.05, 0) is 61.6 Å². The van der Waals surface area contributed by atoms with Gasteiger partial charge in [0.25, 0.3) is 5.91 Å². The molecule has 0 radical (unpaired) electrons. The normalized spacial score (nSPS) is 18.2. The molecule has 2 N–H and O–H groups in total. The first-order valence-corrected chi connectivity index (χ1v) is 11.6. The molecule has 0 spiro atoms. The van der Waals surface area contributed by atoms with E-state index in [0.29, 0.717) is 0 Å². The van der Waals surface area contributed by atoms with E-state index in [4.69, 9.17) is 4.74 Å². The van der Waals surface area contributed by atoms with Crippen LogP contribution in [0.2, 0.25) is 0 Å². The summed E-state index contributed by atoms with van der Waals surface area (Å²) < 4.78 is 46.7. The van der Waals surface area contributed by atoms with Crippen molar-refractivity contribution in [1.82, 2.24) is 10.0 Å². The minimum absolute atomic E-state index is 0.0493. The summed E-state index contributed by atoms with van der Waals surface area (Å²) in [4.78, 5) is 13.1. The lowest BCUT2D eigenvalue weighted by molar-refractivity contribution is 0.0898. The molecule has 2 aromatic carbocycles. The van der Waals surface area contributed by atoms with Crippen LogP contribution in [0.4, 0.5) is 4.39 Å². The zero-order chi connectivity index (χ0) is 21.4. The first-order chi connectivity index (χ1) is 14.3. The summed E-state index contributed by atoms with van der Waals surface area (Å²) in [6, 6.07) is 10.5. The number of sulfonamides is 1. The van der Waals surface area contributed by atoms with Gasteiger partial charge in [0.1, 0.15) is 16.5 Å². The highest BCUT2D eigenvalue weighted by Gasteiger charge is 2.37. The second-order valence-corrected chi connectivity index (χ2v) is 9.69.